The molecule has 0 heterocycles. The molecule has 0 aliphatic rings. The van der Waals surface area contributed by atoms with E-state index in [1.54, 1.807) is 42.5 Å². The molecule has 2 rings (SSSR count). The van der Waals surface area contributed by atoms with Crippen LogP contribution in [0.2, 0.25) is 0 Å². The zero-order valence-corrected chi connectivity index (χ0v) is 16.2. The molecule has 0 fully saturated rings. The van der Waals surface area contributed by atoms with Crippen molar-refractivity contribution >= 4 is 23.7 Å². The number of alkyl carbamates (subject to hydrolysis) is 1. The van der Waals surface area contributed by atoms with Crippen LogP contribution in [0.25, 0.3) is 0 Å². The molecule has 2 aromatic carbocycles. The van der Waals surface area contributed by atoms with Gasteiger partial charge in [-0.25, -0.2) is 14.0 Å². The van der Waals surface area contributed by atoms with Crippen molar-refractivity contribution in [2.24, 2.45) is 0 Å². The minimum Gasteiger partial charge on any atom is -0.449 e. The van der Waals surface area contributed by atoms with Gasteiger partial charge in [-0.15, -0.1) is 0 Å². The van der Waals surface area contributed by atoms with Crippen LogP contribution in [0.5, 0.6) is 0 Å². The maximum absolute atomic E-state index is 12.9. The van der Waals surface area contributed by atoms with Gasteiger partial charge in [0.15, 0.2) is 6.61 Å². The summed E-state index contributed by atoms with van der Waals surface area (Å²) in [6.07, 6.45) is -0.701. The summed E-state index contributed by atoms with van der Waals surface area (Å²) in [5, 5.41) is 13.4. The molecule has 8 nitrogen and oxygen atoms in total. The molecule has 0 aromatic heterocycles. The van der Waals surface area contributed by atoms with Crippen molar-refractivity contribution in [3.8, 4) is 6.07 Å². The molecule has 156 valence electrons. The molecule has 1 atom stereocenters. The number of nitrogens with zero attached hydrogens (tertiary/aromatic N) is 1. The Bertz CT molecular complexity index is 923. The average Bonchev–Trinajstić information content (AvgIpc) is 2.73. The van der Waals surface area contributed by atoms with Gasteiger partial charge in [0.1, 0.15) is 24.5 Å². The van der Waals surface area contributed by atoms with Crippen LogP contribution >= 0.6 is 0 Å². The van der Waals surface area contributed by atoms with Crippen molar-refractivity contribution in [3.63, 3.8) is 0 Å². The van der Waals surface area contributed by atoms with E-state index in [0.717, 1.165) is 0 Å². The molecule has 2 amide bonds. The quantitative estimate of drug-likeness (QED) is 0.643. The van der Waals surface area contributed by atoms with Crippen molar-refractivity contribution < 1.29 is 28.2 Å². The molecule has 0 saturated carbocycles. The molecule has 0 spiro atoms. The van der Waals surface area contributed by atoms with Crippen LogP contribution < -0.4 is 10.6 Å². The second kappa shape index (κ2) is 11.2. The van der Waals surface area contributed by atoms with Crippen molar-refractivity contribution in [1.29, 1.82) is 5.26 Å². The number of amides is 2. The number of anilines is 1. The van der Waals surface area contributed by atoms with E-state index in [2.05, 4.69) is 15.4 Å². The second-order valence-electron chi connectivity index (χ2n) is 6.26. The molecule has 0 unspecified atom stereocenters. The lowest BCUT2D eigenvalue weighted by Crippen LogP contribution is -2.39. The highest BCUT2D eigenvalue weighted by Gasteiger charge is 2.17. The maximum Gasteiger partial charge on any atom is 0.408 e. The molecule has 9 heteroatoms. The van der Waals surface area contributed by atoms with Crippen molar-refractivity contribution in [2.75, 3.05) is 11.9 Å². The highest BCUT2D eigenvalue weighted by atomic mass is 19.1. The molecule has 2 aromatic rings. The fourth-order valence-electron chi connectivity index (χ4n) is 2.33. The Morgan fingerprint density at radius 1 is 1.03 bits per heavy atom. The van der Waals surface area contributed by atoms with E-state index in [-0.39, 0.29) is 24.8 Å². The monoisotopic (exact) mass is 413 g/mol. The third-order valence-corrected chi connectivity index (χ3v) is 3.85. The summed E-state index contributed by atoms with van der Waals surface area (Å²) < 4.78 is 22.5. The van der Waals surface area contributed by atoms with Gasteiger partial charge in [-0.1, -0.05) is 24.3 Å². The summed E-state index contributed by atoms with van der Waals surface area (Å²) >= 11 is 0. The first kappa shape index (κ1) is 22.4. The summed E-state index contributed by atoms with van der Waals surface area (Å²) in [6.45, 7) is 0.965. The van der Waals surface area contributed by atoms with Crippen LogP contribution in [0.15, 0.2) is 48.5 Å². The van der Waals surface area contributed by atoms with Gasteiger partial charge < -0.3 is 20.1 Å². The lowest BCUT2D eigenvalue weighted by atomic mass is 10.1. The molecule has 0 radical (unpaired) electrons. The van der Waals surface area contributed by atoms with E-state index in [9.17, 15) is 18.8 Å². The van der Waals surface area contributed by atoms with Gasteiger partial charge in [0, 0.05) is 5.69 Å². The molecule has 0 saturated heterocycles. The van der Waals surface area contributed by atoms with Gasteiger partial charge in [0.25, 0.3) is 0 Å². The summed E-state index contributed by atoms with van der Waals surface area (Å²) in [5.74, 6) is -1.35. The molecule has 2 N–H and O–H groups in total. The lowest BCUT2D eigenvalue weighted by molar-refractivity contribution is -0.144. The van der Waals surface area contributed by atoms with Crippen molar-refractivity contribution in [3.05, 3.63) is 65.5 Å². The van der Waals surface area contributed by atoms with Crippen LogP contribution in [0.4, 0.5) is 14.9 Å². The van der Waals surface area contributed by atoms with Crippen molar-refractivity contribution in [2.45, 2.75) is 26.0 Å². The Labute approximate surface area is 172 Å². The first-order valence-electron chi connectivity index (χ1n) is 8.97. The van der Waals surface area contributed by atoms with Crippen LogP contribution in [-0.4, -0.2) is 30.6 Å². The smallest absolute Gasteiger partial charge is 0.408 e. The minimum absolute atomic E-state index is 0.0460. The molecule has 0 aliphatic carbocycles. The normalized spacial score (nSPS) is 11.0. The number of nitriles is 1. The number of nitrogens with one attached hydrogen (secondary N) is 2. The zero-order chi connectivity index (χ0) is 21.9. The fraction of sp³-hybridized carbons (Fsp3) is 0.238. The molecular weight excluding hydrogens is 393 g/mol. The molecule has 0 aliphatic heterocycles. The number of halogens is 1. The highest BCUT2D eigenvalue weighted by molar-refractivity contribution is 5.92. The van der Waals surface area contributed by atoms with Crippen LogP contribution in [0.3, 0.4) is 0 Å². The SMILES string of the molecule is C[C@H](NC(=O)OCc1ccc(NC(=O)Cc2ccc(F)cc2)cc1)C(=O)OCC#N. The second-order valence-corrected chi connectivity index (χ2v) is 6.26. The number of carbonyl (C=O) groups is 3. The third kappa shape index (κ3) is 7.59. The largest absolute Gasteiger partial charge is 0.449 e. The molecule has 0 bridgehead atoms. The van der Waals surface area contributed by atoms with Crippen LogP contribution in [0, 0.1) is 17.1 Å². The Balaban J connectivity index is 1.76. The highest BCUT2D eigenvalue weighted by Crippen LogP contribution is 2.12. The van der Waals surface area contributed by atoms with Gasteiger partial charge >= 0.3 is 12.1 Å². The Hall–Kier alpha value is -3.93. The molecular formula is C21H20FN3O5. The van der Waals surface area contributed by atoms with E-state index in [1.807, 2.05) is 0 Å². The van der Waals surface area contributed by atoms with E-state index >= 15 is 0 Å². The predicted octanol–water partition coefficient (Wildman–Crippen LogP) is 2.69. The van der Waals surface area contributed by atoms with Crippen LogP contribution in [0.1, 0.15) is 18.1 Å². The Morgan fingerprint density at radius 2 is 1.67 bits per heavy atom. The first-order chi connectivity index (χ1) is 14.4. The van der Waals surface area contributed by atoms with E-state index < -0.39 is 24.7 Å². The number of carbonyl (C=O) groups excluding carboxylic acids is 3. The van der Waals surface area contributed by atoms with Gasteiger partial charge in [-0.05, 0) is 42.3 Å². The van der Waals surface area contributed by atoms with Gasteiger partial charge in [0.05, 0.1) is 6.42 Å². The van der Waals surface area contributed by atoms with E-state index in [1.165, 1.54) is 19.1 Å². The number of ether oxygens (including phenoxy) is 2. The Morgan fingerprint density at radius 3 is 2.30 bits per heavy atom. The van der Waals surface area contributed by atoms with E-state index in [4.69, 9.17) is 10.00 Å². The zero-order valence-electron chi connectivity index (χ0n) is 16.2. The standard InChI is InChI=1S/C21H20FN3O5/c1-14(20(27)29-11-10-23)24-21(28)30-13-16-4-8-18(9-5-16)25-19(26)12-15-2-6-17(22)7-3-15/h2-9,14H,11-13H2,1H3,(H,24,28)(H,25,26)/t14-/m0/s1. The van der Waals surface area contributed by atoms with Gasteiger partial charge in [-0.2, -0.15) is 5.26 Å². The number of hydrogen-bond acceptors (Lipinski definition) is 6. The number of benzene rings is 2. The van der Waals surface area contributed by atoms with E-state index in [0.29, 0.717) is 16.8 Å². The number of rotatable bonds is 8. The number of hydrogen-bond donors (Lipinski definition) is 2. The maximum atomic E-state index is 12.9. The summed E-state index contributed by atoms with van der Waals surface area (Å²) in [7, 11) is 0. The third-order valence-electron chi connectivity index (χ3n) is 3.85. The van der Waals surface area contributed by atoms with Crippen molar-refractivity contribution in [1.82, 2.24) is 5.32 Å². The first-order valence-corrected chi connectivity index (χ1v) is 8.97. The molecule has 30 heavy (non-hydrogen) atoms. The summed E-state index contributed by atoms with van der Waals surface area (Å²) in [6, 6.07) is 13.0. The predicted molar refractivity (Wildman–Crippen MR) is 105 cm³/mol. The van der Waals surface area contributed by atoms with Crippen LogP contribution in [-0.2, 0) is 32.1 Å². The fourth-order valence-corrected chi connectivity index (χ4v) is 2.33. The summed E-state index contributed by atoms with van der Waals surface area (Å²) in [4.78, 5) is 35.3. The minimum atomic E-state index is -0.954. The average molecular weight is 413 g/mol. The van der Waals surface area contributed by atoms with Gasteiger partial charge in [0.2, 0.25) is 5.91 Å². The summed E-state index contributed by atoms with van der Waals surface area (Å²) in [5.41, 5.74) is 1.92. The topological polar surface area (TPSA) is 118 Å². The number of esters is 1. The van der Waals surface area contributed by atoms with Gasteiger partial charge in [-0.3, -0.25) is 4.79 Å². The Kier molecular flexibility index (Phi) is 8.32. The lowest BCUT2D eigenvalue weighted by Gasteiger charge is -2.12.